The molecule has 0 radical (unpaired) electrons. The lowest BCUT2D eigenvalue weighted by molar-refractivity contribution is 0.0532. The van der Waals surface area contributed by atoms with Crippen LogP contribution in [0.5, 0.6) is 0 Å². The third kappa shape index (κ3) is 9.22. The minimum Gasteiger partial charge on any atom is -0.377 e. The average Bonchev–Trinajstić information content (AvgIpc) is 2.68. The van der Waals surface area contributed by atoms with Gasteiger partial charge in [0.2, 0.25) is 0 Å². The van der Waals surface area contributed by atoms with Gasteiger partial charge in [-0.3, -0.25) is 4.99 Å². The van der Waals surface area contributed by atoms with Gasteiger partial charge in [0.25, 0.3) is 0 Å². The van der Waals surface area contributed by atoms with Crippen molar-refractivity contribution in [1.29, 1.82) is 0 Å². The maximum atomic E-state index is 5.71. The van der Waals surface area contributed by atoms with Crippen molar-refractivity contribution in [3.63, 3.8) is 0 Å². The largest absolute Gasteiger partial charge is 0.377 e. The number of ether oxygens (including phenoxy) is 2. The molecule has 0 amide bonds. The zero-order valence-electron chi connectivity index (χ0n) is 17.1. The standard InChI is InChI=1S/C21H36N4O2/c1-18(2)27-16-14-25-12-9-20(10-13-25)24-21(22-3)23-11-15-26-17-19-7-5-4-6-8-19/h4-8,18,20H,9-17H2,1-3H3,(H2,22,23,24). The molecule has 0 atom stereocenters. The first-order chi connectivity index (χ1) is 13.2. The number of nitrogens with zero attached hydrogens (tertiary/aromatic N) is 2. The molecule has 2 rings (SSSR count). The highest BCUT2D eigenvalue weighted by Crippen LogP contribution is 2.10. The summed E-state index contributed by atoms with van der Waals surface area (Å²) in [6.45, 7) is 10.3. The fraction of sp³-hybridized carbons (Fsp3) is 0.667. The molecule has 0 aliphatic carbocycles. The van der Waals surface area contributed by atoms with Crippen molar-refractivity contribution in [2.45, 2.75) is 45.4 Å². The van der Waals surface area contributed by atoms with Crippen LogP contribution in [0.25, 0.3) is 0 Å². The lowest BCUT2D eigenvalue weighted by Gasteiger charge is -2.33. The van der Waals surface area contributed by atoms with Gasteiger partial charge in [0.15, 0.2) is 5.96 Å². The fourth-order valence-electron chi connectivity index (χ4n) is 3.11. The van der Waals surface area contributed by atoms with Crippen LogP contribution in [0.2, 0.25) is 0 Å². The van der Waals surface area contributed by atoms with Crippen LogP contribution in [0, 0.1) is 0 Å². The summed E-state index contributed by atoms with van der Waals surface area (Å²) in [5.74, 6) is 0.861. The summed E-state index contributed by atoms with van der Waals surface area (Å²) in [4.78, 5) is 6.81. The smallest absolute Gasteiger partial charge is 0.191 e. The van der Waals surface area contributed by atoms with Gasteiger partial charge >= 0.3 is 0 Å². The van der Waals surface area contributed by atoms with Crippen molar-refractivity contribution >= 4 is 5.96 Å². The van der Waals surface area contributed by atoms with E-state index in [1.807, 2.05) is 25.2 Å². The van der Waals surface area contributed by atoms with E-state index >= 15 is 0 Å². The van der Waals surface area contributed by atoms with Crippen LogP contribution in [-0.2, 0) is 16.1 Å². The highest BCUT2D eigenvalue weighted by Gasteiger charge is 2.19. The van der Waals surface area contributed by atoms with Gasteiger partial charge in [-0.05, 0) is 32.3 Å². The highest BCUT2D eigenvalue weighted by atomic mass is 16.5. The van der Waals surface area contributed by atoms with Crippen LogP contribution >= 0.6 is 0 Å². The van der Waals surface area contributed by atoms with Gasteiger partial charge in [-0.2, -0.15) is 0 Å². The molecule has 6 nitrogen and oxygen atoms in total. The van der Waals surface area contributed by atoms with Crippen LogP contribution in [0.4, 0.5) is 0 Å². The highest BCUT2D eigenvalue weighted by molar-refractivity contribution is 5.79. The minimum atomic E-state index is 0.315. The summed E-state index contributed by atoms with van der Waals surface area (Å²) in [5, 5.41) is 6.88. The lowest BCUT2D eigenvalue weighted by atomic mass is 10.1. The summed E-state index contributed by atoms with van der Waals surface area (Å²) in [7, 11) is 1.82. The number of aliphatic imine (C=N–C) groups is 1. The monoisotopic (exact) mass is 376 g/mol. The molecule has 1 aromatic carbocycles. The first kappa shape index (κ1) is 21.7. The van der Waals surface area contributed by atoms with Gasteiger partial charge in [-0.25, -0.2) is 0 Å². The molecule has 0 bridgehead atoms. The second-order valence-electron chi connectivity index (χ2n) is 7.22. The van der Waals surface area contributed by atoms with Crippen molar-refractivity contribution < 1.29 is 9.47 Å². The molecule has 6 heteroatoms. The number of benzene rings is 1. The predicted molar refractivity (Wildman–Crippen MR) is 111 cm³/mol. The molecule has 0 aromatic heterocycles. The van der Waals surface area contributed by atoms with Crippen molar-refractivity contribution in [2.75, 3.05) is 46.4 Å². The minimum absolute atomic E-state index is 0.315. The normalized spacial score (nSPS) is 16.7. The number of nitrogens with one attached hydrogen (secondary N) is 2. The summed E-state index contributed by atoms with van der Waals surface area (Å²) in [6, 6.07) is 10.7. The predicted octanol–water partition coefficient (Wildman–Crippen LogP) is 2.26. The first-order valence-corrected chi connectivity index (χ1v) is 10.1. The quantitative estimate of drug-likeness (QED) is 0.373. The van der Waals surface area contributed by atoms with Crippen LogP contribution in [0.3, 0.4) is 0 Å². The maximum absolute atomic E-state index is 5.71. The van der Waals surface area contributed by atoms with Crippen LogP contribution in [0.15, 0.2) is 35.3 Å². The molecular weight excluding hydrogens is 340 g/mol. The number of guanidine groups is 1. The van der Waals surface area contributed by atoms with Gasteiger partial charge in [-0.1, -0.05) is 30.3 Å². The van der Waals surface area contributed by atoms with E-state index in [0.717, 1.165) is 51.6 Å². The molecular formula is C21H36N4O2. The topological polar surface area (TPSA) is 58.1 Å². The Kier molecular flexibility index (Phi) is 10.2. The van der Waals surface area contributed by atoms with Crippen molar-refractivity contribution in [2.24, 2.45) is 4.99 Å². The molecule has 152 valence electrons. The van der Waals surface area contributed by atoms with Crippen molar-refractivity contribution in [3.8, 4) is 0 Å². The lowest BCUT2D eigenvalue weighted by Crippen LogP contribution is -2.49. The molecule has 0 unspecified atom stereocenters. The average molecular weight is 377 g/mol. The Morgan fingerprint density at radius 1 is 1.19 bits per heavy atom. The molecule has 1 aliphatic heterocycles. The van der Waals surface area contributed by atoms with Gasteiger partial charge < -0.3 is 25.0 Å². The molecule has 0 spiro atoms. The van der Waals surface area contributed by atoms with Crippen LogP contribution in [-0.4, -0.2) is 69.4 Å². The Labute approximate surface area is 164 Å². The molecule has 1 fully saturated rings. The Morgan fingerprint density at radius 2 is 1.93 bits per heavy atom. The Hall–Kier alpha value is -1.63. The number of rotatable bonds is 10. The summed E-state index contributed by atoms with van der Waals surface area (Å²) >= 11 is 0. The molecule has 1 heterocycles. The molecule has 1 saturated heterocycles. The second-order valence-corrected chi connectivity index (χ2v) is 7.22. The number of likely N-dealkylation sites (tertiary alicyclic amines) is 1. The van der Waals surface area contributed by atoms with Crippen LogP contribution < -0.4 is 10.6 Å². The summed E-state index contributed by atoms with van der Waals surface area (Å²) in [6.07, 6.45) is 2.58. The molecule has 0 saturated carbocycles. The van der Waals surface area contributed by atoms with E-state index in [1.165, 1.54) is 5.56 Å². The van der Waals surface area contributed by atoms with Gasteiger partial charge in [-0.15, -0.1) is 0 Å². The number of hydrogen-bond acceptors (Lipinski definition) is 4. The SMILES string of the molecule is CN=C(NCCOCc1ccccc1)NC1CCN(CCOC(C)C)CC1. The van der Waals surface area contributed by atoms with E-state index < -0.39 is 0 Å². The Balaban J connectivity index is 1.55. The third-order valence-corrected chi connectivity index (χ3v) is 4.66. The van der Waals surface area contributed by atoms with E-state index in [9.17, 15) is 0 Å². The summed E-state index contributed by atoms with van der Waals surface area (Å²) in [5.41, 5.74) is 1.20. The van der Waals surface area contributed by atoms with E-state index in [0.29, 0.717) is 25.4 Å². The third-order valence-electron chi connectivity index (χ3n) is 4.66. The Bertz CT molecular complexity index is 528. The first-order valence-electron chi connectivity index (χ1n) is 10.1. The van der Waals surface area contributed by atoms with Crippen molar-refractivity contribution in [3.05, 3.63) is 35.9 Å². The summed E-state index contributed by atoms with van der Waals surface area (Å²) < 4.78 is 11.4. The number of piperidine rings is 1. The maximum Gasteiger partial charge on any atom is 0.191 e. The zero-order chi connectivity index (χ0) is 19.3. The van der Waals surface area contributed by atoms with Crippen molar-refractivity contribution in [1.82, 2.24) is 15.5 Å². The Morgan fingerprint density at radius 3 is 2.59 bits per heavy atom. The van der Waals surface area contributed by atoms with Gasteiger partial charge in [0.1, 0.15) is 0 Å². The molecule has 1 aromatic rings. The molecule has 2 N–H and O–H groups in total. The number of hydrogen-bond donors (Lipinski definition) is 2. The molecule has 1 aliphatic rings. The van der Waals surface area contributed by atoms with Crippen LogP contribution in [0.1, 0.15) is 32.3 Å². The fourth-order valence-corrected chi connectivity index (χ4v) is 3.11. The second kappa shape index (κ2) is 12.7. The van der Waals surface area contributed by atoms with Gasteiger partial charge in [0.05, 0.1) is 25.9 Å². The molecule has 27 heavy (non-hydrogen) atoms. The zero-order valence-corrected chi connectivity index (χ0v) is 17.1. The van der Waals surface area contributed by atoms with Gasteiger partial charge in [0, 0.05) is 39.3 Å². The van der Waals surface area contributed by atoms with E-state index in [-0.39, 0.29) is 0 Å². The van der Waals surface area contributed by atoms with E-state index in [4.69, 9.17) is 9.47 Å². The van der Waals surface area contributed by atoms with E-state index in [1.54, 1.807) is 0 Å². The van der Waals surface area contributed by atoms with E-state index in [2.05, 4.69) is 46.5 Å².